The Hall–Kier alpha value is -2.93. The van der Waals surface area contributed by atoms with Gasteiger partial charge in [0.25, 0.3) is 0 Å². The summed E-state index contributed by atoms with van der Waals surface area (Å²) in [4.78, 5) is 27.1. The maximum Gasteiger partial charge on any atom is 0.247 e. The highest BCUT2D eigenvalue weighted by molar-refractivity contribution is 6.04. The van der Waals surface area contributed by atoms with E-state index in [9.17, 15) is 14.9 Å². The van der Waals surface area contributed by atoms with Crippen molar-refractivity contribution in [1.29, 1.82) is 5.26 Å². The molecular weight excluding hydrogens is 324 g/mol. The Morgan fingerprint density at radius 2 is 1.42 bits per heavy atom. The van der Waals surface area contributed by atoms with Gasteiger partial charge in [-0.3, -0.25) is 9.59 Å². The van der Waals surface area contributed by atoms with Gasteiger partial charge in [0, 0.05) is 25.4 Å². The van der Waals surface area contributed by atoms with E-state index < -0.39 is 5.92 Å². The summed E-state index contributed by atoms with van der Waals surface area (Å²) in [6.07, 6.45) is 2.02. The fourth-order valence-electron chi connectivity index (χ4n) is 3.50. The molecule has 26 heavy (non-hydrogen) atoms. The van der Waals surface area contributed by atoms with Gasteiger partial charge in [0.2, 0.25) is 5.91 Å². The van der Waals surface area contributed by atoms with Crippen molar-refractivity contribution >= 4 is 11.7 Å². The number of carbonyl (C=O) groups is 2. The number of hydrogen-bond donors (Lipinski definition) is 0. The van der Waals surface area contributed by atoms with Gasteiger partial charge in [-0.1, -0.05) is 60.7 Å². The van der Waals surface area contributed by atoms with Crippen LogP contribution in [0.15, 0.2) is 60.7 Å². The third-order valence-corrected chi connectivity index (χ3v) is 4.92. The summed E-state index contributed by atoms with van der Waals surface area (Å²) in [7, 11) is 0. The van der Waals surface area contributed by atoms with Crippen LogP contribution in [-0.4, -0.2) is 29.7 Å². The first-order valence-corrected chi connectivity index (χ1v) is 9.01. The number of amides is 1. The van der Waals surface area contributed by atoms with E-state index >= 15 is 0 Å². The van der Waals surface area contributed by atoms with Gasteiger partial charge in [-0.25, -0.2) is 0 Å². The van der Waals surface area contributed by atoms with Gasteiger partial charge >= 0.3 is 0 Å². The van der Waals surface area contributed by atoms with Crippen LogP contribution in [0.5, 0.6) is 0 Å². The lowest BCUT2D eigenvalue weighted by Gasteiger charge is -2.21. The van der Waals surface area contributed by atoms with Crippen LogP contribution < -0.4 is 0 Å². The van der Waals surface area contributed by atoms with Crippen molar-refractivity contribution in [1.82, 2.24) is 4.90 Å². The SMILES string of the molecule is N#CC(C(=O)CC(c1ccccc1)c1ccccc1)C(=O)N1CCCC1. The lowest BCUT2D eigenvalue weighted by Crippen LogP contribution is -2.37. The van der Waals surface area contributed by atoms with Gasteiger partial charge in [0.05, 0.1) is 6.07 Å². The van der Waals surface area contributed by atoms with Crippen LogP contribution in [0, 0.1) is 17.2 Å². The van der Waals surface area contributed by atoms with Gasteiger partial charge < -0.3 is 4.90 Å². The second kappa shape index (κ2) is 8.44. The topological polar surface area (TPSA) is 61.2 Å². The molecule has 0 aliphatic carbocycles. The highest BCUT2D eigenvalue weighted by Crippen LogP contribution is 2.29. The minimum atomic E-state index is -1.21. The maximum atomic E-state index is 12.9. The van der Waals surface area contributed by atoms with Crippen LogP contribution in [-0.2, 0) is 9.59 Å². The van der Waals surface area contributed by atoms with E-state index in [1.165, 1.54) is 0 Å². The Morgan fingerprint density at radius 1 is 0.923 bits per heavy atom. The summed E-state index contributed by atoms with van der Waals surface area (Å²) in [5.74, 6) is -2.01. The van der Waals surface area contributed by atoms with Crippen molar-refractivity contribution in [2.75, 3.05) is 13.1 Å². The summed E-state index contributed by atoms with van der Waals surface area (Å²) < 4.78 is 0. The molecule has 4 nitrogen and oxygen atoms in total. The van der Waals surface area contributed by atoms with Gasteiger partial charge in [-0.05, 0) is 24.0 Å². The minimum absolute atomic E-state index is 0.145. The average molecular weight is 346 g/mol. The standard InChI is InChI=1S/C22H22N2O2/c23-16-20(22(26)24-13-7-8-14-24)21(25)15-19(17-9-3-1-4-10-17)18-11-5-2-6-12-18/h1-6,9-12,19-20H,7-8,13-15H2. The molecule has 132 valence electrons. The molecule has 1 unspecified atom stereocenters. The molecule has 0 radical (unpaired) electrons. The first-order valence-electron chi connectivity index (χ1n) is 9.01. The maximum absolute atomic E-state index is 12.9. The smallest absolute Gasteiger partial charge is 0.247 e. The first-order chi connectivity index (χ1) is 12.7. The molecule has 1 saturated heterocycles. The number of ketones is 1. The molecule has 1 aliphatic heterocycles. The van der Waals surface area contributed by atoms with Crippen LogP contribution in [0.4, 0.5) is 0 Å². The van der Waals surface area contributed by atoms with E-state index in [4.69, 9.17) is 0 Å². The Labute approximate surface area is 154 Å². The number of carbonyl (C=O) groups excluding carboxylic acids is 2. The summed E-state index contributed by atoms with van der Waals surface area (Å²) in [6, 6.07) is 21.5. The van der Waals surface area contributed by atoms with Crippen molar-refractivity contribution in [2.24, 2.45) is 5.92 Å². The Kier molecular flexibility index (Phi) is 5.80. The lowest BCUT2D eigenvalue weighted by atomic mass is 9.84. The third-order valence-electron chi connectivity index (χ3n) is 4.92. The molecule has 1 atom stereocenters. The lowest BCUT2D eigenvalue weighted by molar-refractivity contribution is -0.138. The van der Waals surface area contributed by atoms with E-state index in [1.54, 1.807) is 4.90 Å². The van der Waals surface area contributed by atoms with Gasteiger partial charge in [0.15, 0.2) is 11.7 Å². The largest absolute Gasteiger partial charge is 0.341 e. The quantitative estimate of drug-likeness (QED) is 0.752. The third kappa shape index (κ3) is 4.00. The van der Waals surface area contributed by atoms with E-state index in [1.807, 2.05) is 66.7 Å². The zero-order chi connectivity index (χ0) is 18.4. The molecule has 4 heteroatoms. The van der Waals surface area contributed by atoms with Gasteiger partial charge in [-0.2, -0.15) is 5.26 Å². The van der Waals surface area contributed by atoms with Gasteiger partial charge in [-0.15, -0.1) is 0 Å². The molecule has 1 heterocycles. The number of rotatable bonds is 6. The Bertz CT molecular complexity index is 750. The highest BCUT2D eigenvalue weighted by Gasteiger charge is 2.33. The number of Topliss-reactive ketones (excluding diaryl/α,β-unsaturated/α-hetero) is 1. The van der Waals surface area contributed by atoms with Crippen LogP contribution in [0.1, 0.15) is 36.3 Å². The fraction of sp³-hybridized carbons (Fsp3) is 0.318. The molecule has 1 fully saturated rings. The monoisotopic (exact) mass is 346 g/mol. The predicted molar refractivity (Wildman–Crippen MR) is 99.3 cm³/mol. The number of nitriles is 1. The normalized spacial score (nSPS) is 14.8. The molecule has 2 aromatic carbocycles. The fourth-order valence-corrected chi connectivity index (χ4v) is 3.50. The van der Waals surface area contributed by atoms with Crippen molar-refractivity contribution in [2.45, 2.75) is 25.2 Å². The van der Waals surface area contributed by atoms with Crippen LogP contribution in [0.2, 0.25) is 0 Å². The Balaban J connectivity index is 1.83. The summed E-state index contributed by atoms with van der Waals surface area (Å²) in [5.41, 5.74) is 2.02. The molecular formula is C22H22N2O2. The number of likely N-dealkylation sites (tertiary alicyclic amines) is 1. The van der Waals surface area contributed by atoms with Crippen LogP contribution in [0.3, 0.4) is 0 Å². The van der Waals surface area contributed by atoms with E-state index in [0.29, 0.717) is 13.1 Å². The molecule has 1 aliphatic rings. The first kappa shape index (κ1) is 17.9. The van der Waals surface area contributed by atoms with Crippen molar-refractivity contribution in [3.05, 3.63) is 71.8 Å². The van der Waals surface area contributed by atoms with Crippen molar-refractivity contribution in [3.63, 3.8) is 0 Å². The van der Waals surface area contributed by atoms with Crippen molar-refractivity contribution in [3.8, 4) is 6.07 Å². The zero-order valence-electron chi connectivity index (χ0n) is 14.7. The molecule has 3 rings (SSSR count). The zero-order valence-corrected chi connectivity index (χ0v) is 14.7. The van der Waals surface area contributed by atoms with Crippen molar-refractivity contribution < 1.29 is 9.59 Å². The minimum Gasteiger partial charge on any atom is -0.341 e. The van der Waals surface area contributed by atoms with E-state index in [-0.39, 0.29) is 24.0 Å². The second-order valence-corrected chi connectivity index (χ2v) is 6.64. The molecule has 2 aromatic rings. The number of hydrogen-bond acceptors (Lipinski definition) is 3. The van der Waals surface area contributed by atoms with E-state index in [2.05, 4.69) is 0 Å². The highest BCUT2D eigenvalue weighted by atomic mass is 16.2. The Morgan fingerprint density at radius 3 is 1.88 bits per heavy atom. The van der Waals surface area contributed by atoms with Crippen LogP contribution >= 0.6 is 0 Å². The predicted octanol–water partition coefficient (Wildman–Crippen LogP) is 3.54. The molecule has 0 aromatic heterocycles. The molecule has 0 spiro atoms. The number of nitrogens with zero attached hydrogens (tertiary/aromatic N) is 2. The molecule has 0 bridgehead atoms. The molecule has 1 amide bonds. The second-order valence-electron chi connectivity index (χ2n) is 6.64. The average Bonchev–Trinajstić information content (AvgIpc) is 3.23. The molecule has 0 saturated carbocycles. The van der Waals surface area contributed by atoms with E-state index in [0.717, 1.165) is 24.0 Å². The summed E-state index contributed by atoms with van der Waals surface area (Å²) in [6.45, 7) is 1.29. The van der Waals surface area contributed by atoms with Gasteiger partial charge in [0.1, 0.15) is 0 Å². The summed E-state index contributed by atoms with van der Waals surface area (Å²) in [5, 5.41) is 9.46. The summed E-state index contributed by atoms with van der Waals surface area (Å²) >= 11 is 0. The number of benzene rings is 2. The molecule has 0 N–H and O–H groups in total. The van der Waals surface area contributed by atoms with Crippen LogP contribution in [0.25, 0.3) is 0 Å².